The van der Waals surface area contributed by atoms with E-state index in [4.69, 9.17) is 9.47 Å². The highest BCUT2D eigenvalue weighted by Crippen LogP contribution is 2.23. The standard InChI is InChI=1S/C12H25N3O2/c1-12(6-4-9-17-12)10-15-11(13-2)14-7-5-8-16-3/h4-10H2,1-3H3,(H2,13,14,15). The van der Waals surface area contributed by atoms with Gasteiger partial charge >= 0.3 is 0 Å². The molecule has 0 amide bonds. The van der Waals surface area contributed by atoms with Gasteiger partial charge in [0.15, 0.2) is 5.96 Å². The van der Waals surface area contributed by atoms with Crippen LogP contribution >= 0.6 is 0 Å². The molecule has 0 aliphatic carbocycles. The number of guanidine groups is 1. The quantitative estimate of drug-likeness (QED) is 0.411. The molecule has 0 radical (unpaired) electrons. The van der Waals surface area contributed by atoms with Gasteiger partial charge in [-0.05, 0) is 26.2 Å². The molecule has 0 bridgehead atoms. The Morgan fingerprint density at radius 3 is 2.88 bits per heavy atom. The van der Waals surface area contributed by atoms with Gasteiger partial charge in [0.05, 0.1) is 5.60 Å². The molecule has 0 spiro atoms. The van der Waals surface area contributed by atoms with Crippen LogP contribution in [-0.2, 0) is 9.47 Å². The van der Waals surface area contributed by atoms with Gasteiger partial charge in [0.25, 0.3) is 0 Å². The second-order valence-electron chi connectivity index (χ2n) is 4.60. The molecular formula is C12H25N3O2. The van der Waals surface area contributed by atoms with E-state index in [9.17, 15) is 0 Å². The SMILES string of the molecule is CN=C(NCCCOC)NCC1(C)CCCO1. The summed E-state index contributed by atoms with van der Waals surface area (Å²) in [7, 11) is 3.49. The summed E-state index contributed by atoms with van der Waals surface area (Å²) in [5, 5.41) is 6.55. The maximum absolute atomic E-state index is 5.71. The maximum Gasteiger partial charge on any atom is 0.191 e. The number of nitrogens with one attached hydrogen (secondary N) is 2. The molecule has 1 saturated heterocycles. The first-order valence-corrected chi connectivity index (χ1v) is 6.27. The second-order valence-corrected chi connectivity index (χ2v) is 4.60. The number of ether oxygens (including phenoxy) is 2. The van der Waals surface area contributed by atoms with Gasteiger partial charge in [0.2, 0.25) is 0 Å². The summed E-state index contributed by atoms with van der Waals surface area (Å²) in [6, 6.07) is 0. The molecule has 0 aromatic heterocycles. The Hall–Kier alpha value is -0.810. The average molecular weight is 243 g/mol. The maximum atomic E-state index is 5.71. The molecule has 0 aromatic carbocycles. The van der Waals surface area contributed by atoms with Crippen LogP contribution in [0, 0.1) is 0 Å². The minimum absolute atomic E-state index is 0.0375. The fourth-order valence-electron chi connectivity index (χ4n) is 1.89. The van der Waals surface area contributed by atoms with E-state index in [1.54, 1.807) is 14.2 Å². The molecule has 1 heterocycles. The zero-order chi connectivity index (χ0) is 12.6. The van der Waals surface area contributed by atoms with Gasteiger partial charge < -0.3 is 20.1 Å². The number of methoxy groups -OCH3 is 1. The zero-order valence-corrected chi connectivity index (χ0v) is 11.2. The van der Waals surface area contributed by atoms with Gasteiger partial charge in [0.1, 0.15) is 0 Å². The van der Waals surface area contributed by atoms with E-state index >= 15 is 0 Å². The van der Waals surface area contributed by atoms with Gasteiger partial charge in [-0.1, -0.05) is 0 Å². The fraction of sp³-hybridized carbons (Fsp3) is 0.917. The van der Waals surface area contributed by atoms with Crippen LogP contribution < -0.4 is 10.6 Å². The predicted molar refractivity (Wildman–Crippen MR) is 69.4 cm³/mol. The monoisotopic (exact) mass is 243 g/mol. The van der Waals surface area contributed by atoms with Crippen LogP contribution in [0.1, 0.15) is 26.2 Å². The molecular weight excluding hydrogens is 218 g/mol. The summed E-state index contributed by atoms with van der Waals surface area (Å²) in [5.74, 6) is 0.831. The second kappa shape index (κ2) is 7.50. The molecule has 1 aliphatic heterocycles. The van der Waals surface area contributed by atoms with E-state index in [1.807, 2.05) is 0 Å². The number of hydrogen-bond donors (Lipinski definition) is 2. The number of aliphatic imine (C=N–C) groups is 1. The Bertz CT molecular complexity index is 238. The van der Waals surface area contributed by atoms with Crippen LogP contribution in [0.2, 0.25) is 0 Å². The summed E-state index contributed by atoms with van der Waals surface area (Å²) in [4.78, 5) is 4.18. The molecule has 1 fully saturated rings. The summed E-state index contributed by atoms with van der Waals surface area (Å²) in [6.45, 7) is 5.45. The molecule has 1 rings (SSSR count). The fourth-order valence-corrected chi connectivity index (χ4v) is 1.89. The summed E-state index contributed by atoms with van der Waals surface area (Å²) >= 11 is 0. The Labute approximate surface area is 104 Å². The van der Waals surface area contributed by atoms with Crippen LogP contribution in [0.3, 0.4) is 0 Å². The molecule has 1 unspecified atom stereocenters. The normalized spacial score (nSPS) is 25.0. The van der Waals surface area contributed by atoms with Crippen molar-refractivity contribution in [3.05, 3.63) is 0 Å². The van der Waals surface area contributed by atoms with E-state index < -0.39 is 0 Å². The van der Waals surface area contributed by atoms with Gasteiger partial charge in [0, 0.05) is 40.5 Å². The van der Waals surface area contributed by atoms with Crippen molar-refractivity contribution >= 4 is 5.96 Å². The minimum Gasteiger partial charge on any atom is -0.385 e. The average Bonchev–Trinajstić information content (AvgIpc) is 2.76. The van der Waals surface area contributed by atoms with Crippen molar-refractivity contribution in [3.63, 3.8) is 0 Å². The van der Waals surface area contributed by atoms with Crippen molar-refractivity contribution in [1.29, 1.82) is 0 Å². The van der Waals surface area contributed by atoms with Crippen LogP contribution in [0.25, 0.3) is 0 Å². The van der Waals surface area contributed by atoms with E-state index in [2.05, 4.69) is 22.5 Å². The molecule has 2 N–H and O–H groups in total. The third-order valence-corrected chi connectivity index (χ3v) is 2.97. The zero-order valence-electron chi connectivity index (χ0n) is 11.2. The van der Waals surface area contributed by atoms with E-state index in [0.29, 0.717) is 0 Å². The molecule has 17 heavy (non-hydrogen) atoms. The third-order valence-electron chi connectivity index (χ3n) is 2.97. The lowest BCUT2D eigenvalue weighted by Gasteiger charge is -2.24. The van der Waals surface area contributed by atoms with Crippen molar-refractivity contribution in [3.8, 4) is 0 Å². The molecule has 1 atom stereocenters. The molecule has 0 saturated carbocycles. The number of hydrogen-bond acceptors (Lipinski definition) is 3. The van der Waals surface area contributed by atoms with Crippen LogP contribution in [0.15, 0.2) is 4.99 Å². The Kier molecular flexibility index (Phi) is 6.29. The Balaban J connectivity index is 2.18. The molecule has 0 aromatic rings. The van der Waals surface area contributed by atoms with Crippen molar-refractivity contribution in [2.24, 2.45) is 4.99 Å². The first kappa shape index (κ1) is 14.3. The predicted octanol–water partition coefficient (Wildman–Crippen LogP) is 0.757. The van der Waals surface area contributed by atoms with Crippen LogP contribution in [0.4, 0.5) is 0 Å². The molecule has 100 valence electrons. The smallest absolute Gasteiger partial charge is 0.191 e. The first-order valence-electron chi connectivity index (χ1n) is 6.27. The van der Waals surface area contributed by atoms with Gasteiger partial charge in [-0.3, -0.25) is 4.99 Å². The van der Waals surface area contributed by atoms with Crippen LogP contribution in [0.5, 0.6) is 0 Å². The van der Waals surface area contributed by atoms with E-state index in [0.717, 1.165) is 51.5 Å². The Morgan fingerprint density at radius 1 is 1.47 bits per heavy atom. The molecule has 5 nitrogen and oxygen atoms in total. The van der Waals surface area contributed by atoms with Crippen molar-refractivity contribution in [2.45, 2.75) is 31.8 Å². The van der Waals surface area contributed by atoms with E-state index in [-0.39, 0.29) is 5.60 Å². The van der Waals surface area contributed by atoms with Crippen molar-refractivity contribution < 1.29 is 9.47 Å². The van der Waals surface area contributed by atoms with Gasteiger partial charge in [-0.25, -0.2) is 0 Å². The third kappa shape index (κ3) is 5.37. The summed E-state index contributed by atoms with van der Waals surface area (Å²) in [5.41, 5.74) is -0.0375. The topological polar surface area (TPSA) is 54.9 Å². The highest BCUT2D eigenvalue weighted by molar-refractivity contribution is 5.79. The largest absolute Gasteiger partial charge is 0.385 e. The Morgan fingerprint density at radius 2 is 2.29 bits per heavy atom. The van der Waals surface area contributed by atoms with Crippen molar-refractivity contribution in [2.75, 3.05) is 40.5 Å². The lowest BCUT2D eigenvalue weighted by molar-refractivity contribution is 0.0243. The molecule has 1 aliphatic rings. The lowest BCUT2D eigenvalue weighted by Crippen LogP contribution is -2.45. The lowest BCUT2D eigenvalue weighted by atomic mass is 10.0. The van der Waals surface area contributed by atoms with Gasteiger partial charge in [-0.2, -0.15) is 0 Å². The number of rotatable bonds is 6. The highest BCUT2D eigenvalue weighted by Gasteiger charge is 2.29. The summed E-state index contributed by atoms with van der Waals surface area (Å²) < 4.78 is 10.7. The number of nitrogens with zero attached hydrogens (tertiary/aromatic N) is 1. The highest BCUT2D eigenvalue weighted by atomic mass is 16.5. The van der Waals surface area contributed by atoms with Crippen molar-refractivity contribution in [1.82, 2.24) is 10.6 Å². The minimum atomic E-state index is -0.0375. The molecule has 5 heteroatoms. The summed E-state index contributed by atoms with van der Waals surface area (Å²) in [6.07, 6.45) is 3.24. The van der Waals surface area contributed by atoms with Crippen LogP contribution in [-0.4, -0.2) is 52.0 Å². The van der Waals surface area contributed by atoms with E-state index in [1.165, 1.54) is 0 Å². The first-order chi connectivity index (χ1) is 8.20. The van der Waals surface area contributed by atoms with Gasteiger partial charge in [-0.15, -0.1) is 0 Å².